The molecule has 0 amide bonds. The SMILES string of the molecule is CC(O)CNS(=O)(=O)c1c[nH]c2ccc(N)cc12. The molecule has 7 heteroatoms. The zero-order valence-corrected chi connectivity index (χ0v) is 10.7. The molecular weight excluding hydrogens is 254 g/mol. The van der Waals surface area contributed by atoms with Gasteiger partial charge in [-0.2, -0.15) is 0 Å². The van der Waals surface area contributed by atoms with Crippen LogP contribution in [0.3, 0.4) is 0 Å². The number of nitrogen functional groups attached to an aromatic ring is 1. The molecule has 0 fully saturated rings. The van der Waals surface area contributed by atoms with Crippen molar-refractivity contribution in [2.75, 3.05) is 12.3 Å². The number of aliphatic hydroxyl groups is 1. The Kier molecular flexibility index (Phi) is 3.29. The van der Waals surface area contributed by atoms with Gasteiger partial charge in [-0.25, -0.2) is 13.1 Å². The molecule has 0 aliphatic rings. The van der Waals surface area contributed by atoms with Crippen LogP contribution in [0, 0.1) is 0 Å². The molecule has 1 aromatic heterocycles. The van der Waals surface area contributed by atoms with Crippen LogP contribution in [0.4, 0.5) is 5.69 Å². The summed E-state index contributed by atoms with van der Waals surface area (Å²) in [6.45, 7) is 1.48. The predicted molar refractivity (Wildman–Crippen MR) is 69.6 cm³/mol. The Labute approximate surface area is 105 Å². The van der Waals surface area contributed by atoms with E-state index in [4.69, 9.17) is 10.8 Å². The number of nitrogens with one attached hydrogen (secondary N) is 2. The number of rotatable bonds is 4. The van der Waals surface area contributed by atoms with Crippen molar-refractivity contribution >= 4 is 26.6 Å². The van der Waals surface area contributed by atoms with E-state index in [1.54, 1.807) is 18.2 Å². The second-order valence-electron chi connectivity index (χ2n) is 4.16. The monoisotopic (exact) mass is 269 g/mol. The summed E-state index contributed by atoms with van der Waals surface area (Å²) < 4.78 is 26.4. The molecule has 0 aliphatic heterocycles. The Balaban J connectivity index is 2.44. The number of fused-ring (bicyclic) bond motifs is 1. The molecule has 18 heavy (non-hydrogen) atoms. The van der Waals surface area contributed by atoms with Gasteiger partial charge in [0.15, 0.2) is 0 Å². The zero-order chi connectivity index (χ0) is 13.3. The van der Waals surface area contributed by atoms with E-state index >= 15 is 0 Å². The summed E-state index contributed by atoms with van der Waals surface area (Å²) in [5.74, 6) is 0. The number of aromatic nitrogens is 1. The average Bonchev–Trinajstić information content (AvgIpc) is 2.70. The number of hydrogen-bond donors (Lipinski definition) is 4. The summed E-state index contributed by atoms with van der Waals surface area (Å²) in [4.78, 5) is 3.00. The first-order chi connectivity index (χ1) is 8.40. The van der Waals surface area contributed by atoms with Crippen molar-refractivity contribution in [2.45, 2.75) is 17.9 Å². The summed E-state index contributed by atoms with van der Waals surface area (Å²) in [6, 6.07) is 5.01. The highest BCUT2D eigenvalue weighted by Gasteiger charge is 2.19. The molecule has 0 spiro atoms. The van der Waals surface area contributed by atoms with Crippen LogP contribution >= 0.6 is 0 Å². The maximum atomic E-state index is 12.0. The first-order valence-corrected chi connectivity index (χ1v) is 6.93. The third-order valence-corrected chi connectivity index (χ3v) is 3.99. The lowest BCUT2D eigenvalue weighted by molar-refractivity contribution is 0.198. The van der Waals surface area contributed by atoms with Crippen LogP contribution in [-0.2, 0) is 10.0 Å². The molecule has 0 saturated carbocycles. The van der Waals surface area contributed by atoms with Gasteiger partial charge >= 0.3 is 0 Å². The van der Waals surface area contributed by atoms with Gasteiger partial charge in [-0.15, -0.1) is 0 Å². The number of aliphatic hydroxyl groups excluding tert-OH is 1. The molecule has 2 rings (SSSR count). The molecule has 2 aromatic rings. The van der Waals surface area contributed by atoms with Crippen molar-refractivity contribution in [3.63, 3.8) is 0 Å². The van der Waals surface area contributed by atoms with Crippen LogP contribution < -0.4 is 10.5 Å². The minimum atomic E-state index is -3.65. The Morgan fingerprint density at radius 1 is 1.50 bits per heavy atom. The summed E-state index contributed by atoms with van der Waals surface area (Å²) in [5.41, 5.74) is 6.84. The van der Waals surface area contributed by atoms with Gasteiger partial charge in [0, 0.05) is 29.3 Å². The molecule has 0 aliphatic carbocycles. The smallest absolute Gasteiger partial charge is 0.242 e. The van der Waals surface area contributed by atoms with Crippen LogP contribution in [0.25, 0.3) is 10.9 Å². The molecule has 1 aromatic carbocycles. The second kappa shape index (κ2) is 4.60. The maximum Gasteiger partial charge on any atom is 0.242 e. The molecule has 98 valence electrons. The van der Waals surface area contributed by atoms with Crippen LogP contribution in [-0.4, -0.2) is 31.2 Å². The topological polar surface area (TPSA) is 108 Å². The van der Waals surface area contributed by atoms with Gasteiger partial charge < -0.3 is 15.8 Å². The number of hydrogen-bond acceptors (Lipinski definition) is 4. The molecule has 1 atom stereocenters. The second-order valence-corrected chi connectivity index (χ2v) is 5.89. The van der Waals surface area contributed by atoms with Gasteiger partial charge in [0.2, 0.25) is 10.0 Å². The lowest BCUT2D eigenvalue weighted by Crippen LogP contribution is -2.30. The highest BCUT2D eigenvalue weighted by molar-refractivity contribution is 7.89. The summed E-state index contributed by atoms with van der Waals surface area (Å²) >= 11 is 0. The van der Waals surface area contributed by atoms with E-state index in [1.165, 1.54) is 13.1 Å². The lowest BCUT2D eigenvalue weighted by atomic mass is 10.2. The fourth-order valence-electron chi connectivity index (χ4n) is 1.64. The number of sulfonamides is 1. The maximum absolute atomic E-state index is 12.0. The molecular formula is C11H15N3O3S. The van der Waals surface area contributed by atoms with E-state index in [2.05, 4.69) is 9.71 Å². The number of aromatic amines is 1. The minimum Gasteiger partial charge on any atom is -0.399 e. The van der Waals surface area contributed by atoms with Crippen molar-refractivity contribution in [1.82, 2.24) is 9.71 Å². The van der Waals surface area contributed by atoms with E-state index in [-0.39, 0.29) is 11.4 Å². The van der Waals surface area contributed by atoms with E-state index in [0.717, 1.165) is 0 Å². The summed E-state index contributed by atoms with van der Waals surface area (Å²) in [6.07, 6.45) is 0.670. The zero-order valence-electron chi connectivity index (χ0n) is 9.84. The Bertz CT molecular complexity index is 661. The lowest BCUT2D eigenvalue weighted by Gasteiger charge is -2.07. The highest BCUT2D eigenvalue weighted by Crippen LogP contribution is 2.24. The summed E-state index contributed by atoms with van der Waals surface area (Å²) in [5, 5.41) is 9.65. The fourth-order valence-corrected chi connectivity index (χ4v) is 2.93. The van der Waals surface area contributed by atoms with Gasteiger partial charge in [-0.1, -0.05) is 0 Å². The average molecular weight is 269 g/mol. The third kappa shape index (κ3) is 2.47. The van der Waals surface area contributed by atoms with Crippen LogP contribution in [0.5, 0.6) is 0 Å². The fraction of sp³-hybridized carbons (Fsp3) is 0.273. The van der Waals surface area contributed by atoms with Crippen LogP contribution in [0.1, 0.15) is 6.92 Å². The van der Waals surface area contributed by atoms with Gasteiger partial charge in [0.25, 0.3) is 0 Å². The van der Waals surface area contributed by atoms with Crippen molar-refractivity contribution < 1.29 is 13.5 Å². The van der Waals surface area contributed by atoms with E-state index in [0.29, 0.717) is 16.6 Å². The van der Waals surface area contributed by atoms with Crippen molar-refractivity contribution in [1.29, 1.82) is 0 Å². The van der Waals surface area contributed by atoms with Gasteiger partial charge in [0.1, 0.15) is 4.90 Å². The standard InChI is InChI=1S/C11H15N3O3S/c1-7(15)5-14-18(16,17)11-6-13-10-3-2-8(12)4-9(10)11/h2-4,6-7,13-15H,5,12H2,1H3. The molecule has 5 N–H and O–H groups in total. The van der Waals surface area contributed by atoms with Crippen LogP contribution in [0.15, 0.2) is 29.3 Å². The predicted octanol–water partition coefficient (Wildman–Crippen LogP) is 0.409. The largest absolute Gasteiger partial charge is 0.399 e. The number of anilines is 1. The first-order valence-electron chi connectivity index (χ1n) is 5.44. The number of benzene rings is 1. The Hall–Kier alpha value is -1.57. The quantitative estimate of drug-likeness (QED) is 0.603. The molecule has 0 radical (unpaired) electrons. The van der Waals surface area contributed by atoms with Crippen LogP contribution in [0.2, 0.25) is 0 Å². The Morgan fingerprint density at radius 2 is 2.22 bits per heavy atom. The van der Waals surface area contributed by atoms with E-state index in [9.17, 15) is 8.42 Å². The minimum absolute atomic E-state index is 0.0304. The molecule has 1 unspecified atom stereocenters. The molecule has 1 heterocycles. The van der Waals surface area contributed by atoms with Gasteiger partial charge in [-0.05, 0) is 25.1 Å². The van der Waals surface area contributed by atoms with E-state index in [1.807, 2.05) is 0 Å². The van der Waals surface area contributed by atoms with Crippen molar-refractivity contribution in [2.24, 2.45) is 0 Å². The first kappa shape index (κ1) is 12.9. The van der Waals surface area contributed by atoms with Crippen molar-refractivity contribution in [3.05, 3.63) is 24.4 Å². The van der Waals surface area contributed by atoms with Gasteiger partial charge in [0.05, 0.1) is 6.10 Å². The molecule has 0 bridgehead atoms. The Morgan fingerprint density at radius 3 is 2.89 bits per heavy atom. The molecule has 0 saturated heterocycles. The normalized spacial score (nSPS) is 13.9. The summed E-state index contributed by atoms with van der Waals surface area (Å²) in [7, 11) is -3.65. The highest BCUT2D eigenvalue weighted by atomic mass is 32.2. The number of nitrogens with two attached hydrogens (primary N) is 1. The van der Waals surface area contributed by atoms with E-state index < -0.39 is 16.1 Å². The molecule has 6 nitrogen and oxygen atoms in total. The third-order valence-electron chi connectivity index (χ3n) is 2.53. The van der Waals surface area contributed by atoms with Gasteiger partial charge in [-0.3, -0.25) is 0 Å². The van der Waals surface area contributed by atoms with Crippen molar-refractivity contribution in [3.8, 4) is 0 Å². The number of H-pyrrole nitrogens is 1.